The molecule has 8 heteroatoms. The van der Waals surface area contributed by atoms with E-state index in [2.05, 4.69) is 4.72 Å². The Hall–Kier alpha value is -2.71. The molecule has 0 saturated carbocycles. The normalized spacial score (nSPS) is 15.7. The van der Waals surface area contributed by atoms with Gasteiger partial charge in [-0.15, -0.1) is 0 Å². The van der Waals surface area contributed by atoms with Gasteiger partial charge in [0.2, 0.25) is 10.0 Å². The molecule has 2 aromatic carbocycles. The number of likely N-dealkylation sites (tertiary alicyclic amines) is 1. The maximum atomic E-state index is 13.3. The van der Waals surface area contributed by atoms with Crippen molar-refractivity contribution < 1.29 is 18.0 Å². The second-order valence-corrected chi connectivity index (χ2v) is 10.6. The number of piperidine rings is 1. The smallest absolute Gasteiger partial charge is 0.254 e. The third kappa shape index (κ3) is 6.24. The van der Waals surface area contributed by atoms with Crippen LogP contribution in [-0.2, 0) is 10.0 Å². The van der Waals surface area contributed by atoms with Crippen molar-refractivity contribution in [1.82, 2.24) is 14.5 Å². The number of carbonyl (C=O) groups excluding carboxylic acids is 2. The van der Waals surface area contributed by atoms with Crippen LogP contribution in [0.4, 0.5) is 0 Å². The monoisotopic (exact) mass is 485 g/mol. The van der Waals surface area contributed by atoms with E-state index in [1.807, 2.05) is 60.9 Å². The van der Waals surface area contributed by atoms with Gasteiger partial charge in [0, 0.05) is 42.8 Å². The summed E-state index contributed by atoms with van der Waals surface area (Å²) in [5, 5.41) is 0. The summed E-state index contributed by atoms with van der Waals surface area (Å²) in [6.45, 7) is 7.58. The third-order valence-corrected chi connectivity index (χ3v) is 7.92. The number of carbonyl (C=O) groups is 2. The van der Waals surface area contributed by atoms with E-state index in [1.54, 1.807) is 12.1 Å². The number of rotatable bonds is 9. The Morgan fingerprint density at radius 3 is 2.18 bits per heavy atom. The fourth-order valence-corrected chi connectivity index (χ4v) is 5.52. The van der Waals surface area contributed by atoms with Gasteiger partial charge in [0.05, 0.1) is 4.90 Å². The molecule has 1 heterocycles. The lowest BCUT2D eigenvalue weighted by Gasteiger charge is -2.38. The van der Waals surface area contributed by atoms with E-state index >= 15 is 0 Å². The molecular formula is C26H35N3O4S. The first-order chi connectivity index (χ1) is 16.3. The Balaban J connectivity index is 1.67. The predicted molar refractivity (Wildman–Crippen MR) is 133 cm³/mol. The lowest BCUT2D eigenvalue weighted by atomic mass is 10.0. The SMILES string of the molecule is CCCN(C(=O)c1ccc(S(=O)(=O)NC(C)CC)cc1)C1CCN(C(=O)c2ccccc2)CC1. The van der Waals surface area contributed by atoms with Crippen LogP contribution < -0.4 is 4.72 Å². The summed E-state index contributed by atoms with van der Waals surface area (Å²) in [7, 11) is -3.61. The highest BCUT2D eigenvalue weighted by molar-refractivity contribution is 7.89. The molecular weight excluding hydrogens is 450 g/mol. The maximum Gasteiger partial charge on any atom is 0.254 e. The van der Waals surface area contributed by atoms with E-state index in [1.165, 1.54) is 12.1 Å². The standard InChI is InChI=1S/C26H35N3O4S/c1-4-17-29(23-15-18-28(19-16-23)25(30)21-9-7-6-8-10-21)26(31)22-11-13-24(14-12-22)34(32,33)27-20(3)5-2/h6-14,20,23,27H,4-5,15-19H2,1-3H3. The molecule has 1 saturated heterocycles. The first kappa shape index (κ1) is 25.9. The fraction of sp³-hybridized carbons (Fsp3) is 0.462. The molecule has 1 atom stereocenters. The molecule has 2 aromatic rings. The van der Waals surface area contributed by atoms with Crippen LogP contribution in [0.5, 0.6) is 0 Å². The topological polar surface area (TPSA) is 86.8 Å². The maximum absolute atomic E-state index is 13.3. The highest BCUT2D eigenvalue weighted by Gasteiger charge is 2.30. The van der Waals surface area contributed by atoms with Gasteiger partial charge in [-0.2, -0.15) is 0 Å². The van der Waals surface area contributed by atoms with Gasteiger partial charge in [0.25, 0.3) is 11.8 Å². The molecule has 0 aromatic heterocycles. The van der Waals surface area contributed by atoms with Gasteiger partial charge >= 0.3 is 0 Å². The number of benzene rings is 2. The quantitative estimate of drug-likeness (QED) is 0.583. The second kappa shape index (κ2) is 11.6. The lowest BCUT2D eigenvalue weighted by Crippen LogP contribution is -2.49. The third-order valence-electron chi connectivity index (χ3n) is 6.32. The Morgan fingerprint density at radius 2 is 1.62 bits per heavy atom. The zero-order valence-corrected chi connectivity index (χ0v) is 21.1. The van der Waals surface area contributed by atoms with Gasteiger partial charge in [0.15, 0.2) is 0 Å². The minimum absolute atomic E-state index is 0.0233. The van der Waals surface area contributed by atoms with Crippen molar-refractivity contribution >= 4 is 21.8 Å². The molecule has 0 radical (unpaired) electrons. The van der Waals surface area contributed by atoms with Crippen molar-refractivity contribution in [2.45, 2.75) is 63.4 Å². The molecule has 3 rings (SSSR count). The van der Waals surface area contributed by atoms with Crippen molar-refractivity contribution in [2.24, 2.45) is 0 Å². The molecule has 0 bridgehead atoms. The highest BCUT2D eigenvalue weighted by atomic mass is 32.2. The van der Waals surface area contributed by atoms with Crippen molar-refractivity contribution in [1.29, 1.82) is 0 Å². The van der Waals surface area contributed by atoms with Gasteiger partial charge in [-0.05, 0) is 69.0 Å². The summed E-state index contributed by atoms with van der Waals surface area (Å²) in [5.41, 5.74) is 1.15. The number of nitrogens with zero attached hydrogens (tertiary/aromatic N) is 2. The minimum atomic E-state index is -3.61. The Morgan fingerprint density at radius 1 is 1.00 bits per heavy atom. The summed E-state index contributed by atoms with van der Waals surface area (Å²) in [6.07, 6.45) is 2.95. The van der Waals surface area contributed by atoms with Crippen molar-refractivity contribution in [3.63, 3.8) is 0 Å². The lowest BCUT2D eigenvalue weighted by molar-refractivity contribution is 0.0519. The predicted octanol–water partition coefficient (Wildman–Crippen LogP) is 3.92. The molecule has 0 spiro atoms. The zero-order chi connectivity index (χ0) is 24.7. The van der Waals surface area contributed by atoms with E-state index in [-0.39, 0.29) is 28.8 Å². The van der Waals surface area contributed by atoms with Crippen LogP contribution in [0, 0.1) is 0 Å². The van der Waals surface area contributed by atoms with Crippen molar-refractivity contribution in [3.8, 4) is 0 Å². The first-order valence-corrected chi connectivity index (χ1v) is 13.5. The van der Waals surface area contributed by atoms with E-state index in [4.69, 9.17) is 0 Å². The summed E-state index contributed by atoms with van der Waals surface area (Å²) >= 11 is 0. The van der Waals surface area contributed by atoms with Crippen LogP contribution in [0.25, 0.3) is 0 Å². The molecule has 34 heavy (non-hydrogen) atoms. The molecule has 1 N–H and O–H groups in total. The van der Waals surface area contributed by atoms with Crippen molar-refractivity contribution in [3.05, 3.63) is 65.7 Å². The second-order valence-electron chi connectivity index (χ2n) is 8.84. The molecule has 184 valence electrons. The van der Waals surface area contributed by atoms with Crippen LogP contribution >= 0.6 is 0 Å². The van der Waals surface area contributed by atoms with E-state index in [0.717, 1.165) is 19.3 Å². The fourth-order valence-electron chi connectivity index (χ4n) is 4.19. The number of hydrogen-bond acceptors (Lipinski definition) is 4. The van der Waals surface area contributed by atoms with Gasteiger partial charge < -0.3 is 9.80 Å². The Bertz CT molecular complexity index is 1060. The average Bonchev–Trinajstić information content (AvgIpc) is 2.87. The molecule has 1 aliphatic heterocycles. The summed E-state index contributed by atoms with van der Waals surface area (Å²) in [4.78, 5) is 30.0. The van der Waals surface area contributed by atoms with Crippen LogP contribution in [0.1, 0.15) is 67.2 Å². The highest BCUT2D eigenvalue weighted by Crippen LogP contribution is 2.22. The summed E-state index contributed by atoms with van der Waals surface area (Å²) in [6, 6.07) is 15.3. The zero-order valence-electron chi connectivity index (χ0n) is 20.2. The molecule has 1 aliphatic rings. The van der Waals surface area contributed by atoms with E-state index < -0.39 is 10.0 Å². The molecule has 2 amide bonds. The molecule has 1 fully saturated rings. The number of nitrogens with one attached hydrogen (secondary N) is 1. The Kier molecular flexibility index (Phi) is 8.85. The summed E-state index contributed by atoms with van der Waals surface area (Å²) < 4.78 is 27.7. The van der Waals surface area contributed by atoms with Crippen LogP contribution in [-0.4, -0.2) is 61.7 Å². The average molecular weight is 486 g/mol. The largest absolute Gasteiger partial charge is 0.338 e. The van der Waals surface area contributed by atoms with E-state index in [0.29, 0.717) is 37.2 Å². The Labute approximate surface area is 203 Å². The van der Waals surface area contributed by atoms with Crippen LogP contribution in [0.2, 0.25) is 0 Å². The van der Waals surface area contributed by atoms with Crippen molar-refractivity contribution in [2.75, 3.05) is 19.6 Å². The minimum Gasteiger partial charge on any atom is -0.338 e. The molecule has 0 aliphatic carbocycles. The van der Waals surface area contributed by atoms with Gasteiger partial charge in [-0.25, -0.2) is 13.1 Å². The molecule has 7 nitrogen and oxygen atoms in total. The van der Waals surface area contributed by atoms with Gasteiger partial charge in [0.1, 0.15) is 0 Å². The van der Waals surface area contributed by atoms with Gasteiger partial charge in [-0.1, -0.05) is 32.0 Å². The number of hydrogen-bond donors (Lipinski definition) is 1. The number of amides is 2. The first-order valence-electron chi connectivity index (χ1n) is 12.0. The van der Waals surface area contributed by atoms with Crippen LogP contribution in [0.3, 0.4) is 0 Å². The number of sulfonamides is 1. The summed E-state index contributed by atoms with van der Waals surface area (Å²) in [5.74, 6) is -0.0799. The van der Waals surface area contributed by atoms with E-state index in [9.17, 15) is 18.0 Å². The van der Waals surface area contributed by atoms with Crippen LogP contribution in [0.15, 0.2) is 59.5 Å². The molecule has 1 unspecified atom stereocenters. The van der Waals surface area contributed by atoms with Gasteiger partial charge in [-0.3, -0.25) is 9.59 Å².